The number of benzene rings is 2. The van der Waals surface area contributed by atoms with Gasteiger partial charge in [0.1, 0.15) is 40.6 Å². The fraction of sp³-hybridized carbons (Fsp3) is 0.185. The number of hydrogen-bond donors (Lipinski definition) is 2. The van der Waals surface area contributed by atoms with Gasteiger partial charge >= 0.3 is 12.4 Å². The molecule has 2 aromatic carbocycles. The average Bonchev–Trinajstić information content (AvgIpc) is 3.20. The van der Waals surface area contributed by atoms with Gasteiger partial charge in [0, 0.05) is 23.7 Å². The van der Waals surface area contributed by atoms with Crippen LogP contribution in [-0.2, 0) is 6.54 Å². The van der Waals surface area contributed by atoms with E-state index in [-0.39, 0.29) is 68.9 Å². The van der Waals surface area contributed by atoms with Crippen molar-refractivity contribution in [3.8, 4) is 34.7 Å². The van der Waals surface area contributed by atoms with Crippen molar-refractivity contribution in [1.82, 2.24) is 15.0 Å². The molecule has 0 radical (unpaired) electrons. The first kappa shape index (κ1) is 28.0. The predicted molar refractivity (Wildman–Crippen MR) is 148 cm³/mol. The van der Waals surface area contributed by atoms with Gasteiger partial charge in [0.15, 0.2) is 17.3 Å². The zero-order valence-electron chi connectivity index (χ0n) is 21.9. The van der Waals surface area contributed by atoms with Crippen LogP contribution in [0.3, 0.4) is 0 Å². The Balaban J connectivity index is 1.73. The van der Waals surface area contributed by atoms with E-state index in [1.807, 2.05) is 6.07 Å². The molecule has 6 rings (SSSR count). The van der Waals surface area contributed by atoms with Gasteiger partial charge in [0.25, 0.3) is 0 Å². The predicted octanol–water partition coefficient (Wildman–Crippen LogP) is 5.53. The first-order valence-electron chi connectivity index (χ1n) is 12.4. The molecule has 0 bridgehead atoms. The molecule has 43 heavy (non-hydrogen) atoms. The van der Waals surface area contributed by atoms with E-state index in [0.29, 0.717) is 16.9 Å². The van der Waals surface area contributed by atoms with Crippen molar-refractivity contribution in [2.45, 2.75) is 12.9 Å². The van der Waals surface area contributed by atoms with Crippen LogP contribution in [-0.4, -0.2) is 41.6 Å². The number of aromatic nitrogens is 3. The maximum atomic E-state index is 16.7. The lowest BCUT2D eigenvalue weighted by atomic mass is 9.95. The molecule has 0 saturated heterocycles. The lowest BCUT2D eigenvalue weighted by Gasteiger charge is -2.24. The molecule has 3 aromatic heterocycles. The summed E-state index contributed by atoms with van der Waals surface area (Å²) < 4.78 is 88.7. The highest BCUT2D eigenvalue weighted by Gasteiger charge is 2.39. The smallest absolute Gasteiger partial charge is 0.487 e. The molecule has 4 N–H and O–H groups in total. The second-order valence-corrected chi connectivity index (χ2v) is 10.3. The van der Waals surface area contributed by atoms with Gasteiger partial charge in [-0.1, -0.05) is 12.1 Å². The van der Waals surface area contributed by atoms with Crippen LogP contribution in [0, 0.1) is 23.0 Å². The van der Waals surface area contributed by atoms with E-state index in [4.69, 9.17) is 20.9 Å². The van der Waals surface area contributed by atoms with Crippen molar-refractivity contribution in [1.29, 1.82) is 5.26 Å². The number of ether oxygens (including phenoxy) is 3. The molecule has 0 unspecified atom stereocenters. The molecule has 5 aromatic rings. The van der Waals surface area contributed by atoms with Gasteiger partial charge in [-0.15, -0.1) is 24.5 Å². The fourth-order valence-electron chi connectivity index (χ4n) is 4.97. The Hall–Kier alpha value is -5.17. The van der Waals surface area contributed by atoms with Crippen LogP contribution >= 0.6 is 11.3 Å². The van der Waals surface area contributed by atoms with E-state index in [1.165, 1.54) is 13.3 Å². The zero-order chi connectivity index (χ0) is 30.6. The summed E-state index contributed by atoms with van der Waals surface area (Å²) in [6, 6.07) is 6.85. The number of alkyl halides is 3. The summed E-state index contributed by atoms with van der Waals surface area (Å²) in [4.78, 5) is 14.1. The molecule has 1 aliphatic heterocycles. The number of nitrogens with two attached hydrogens (primary N) is 2. The lowest BCUT2D eigenvalue weighted by Crippen LogP contribution is -2.28. The molecule has 10 nitrogen and oxygen atoms in total. The molecule has 220 valence electrons. The van der Waals surface area contributed by atoms with Crippen molar-refractivity contribution >= 4 is 49.0 Å². The lowest BCUT2D eigenvalue weighted by molar-refractivity contribution is -0.274. The number of pyridine rings is 1. The van der Waals surface area contributed by atoms with Crippen LogP contribution in [0.1, 0.15) is 11.1 Å². The molecule has 0 saturated carbocycles. The number of nitrogen functional groups attached to an aromatic ring is 2. The molecule has 0 amide bonds. The van der Waals surface area contributed by atoms with E-state index < -0.39 is 40.6 Å². The van der Waals surface area contributed by atoms with Crippen LogP contribution in [0.15, 0.2) is 30.5 Å². The number of hydrogen-bond acceptors (Lipinski definition) is 11. The summed E-state index contributed by atoms with van der Waals surface area (Å²) in [6.07, 6.45) is -3.82. The van der Waals surface area contributed by atoms with E-state index in [2.05, 4.69) is 19.7 Å². The Morgan fingerprint density at radius 3 is 2.65 bits per heavy atom. The molecular formula is C27H18F5N7O3S. The van der Waals surface area contributed by atoms with E-state index in [1.54, 1.807) is 17.0 Å². The Labute approximate surface area is 242 Å². The van der Waals surface area contributed by atoms with Crippen LogP contribution in [0.5, 0.6) is 17.5 Å². The zero-order valence-corrected chi connectivity index (χ0v) is 22.7. The molecule has 1 aliphatic rings. The van der Waals surface area contributed by atoms with Gasteiger partial charge in [0.2, 0.25) is 0 Å². The first-order valence-corrected chi connectivity index (χ1v) is 13.2. The minimum Gasteiger partial charge on any atom is -0.487 e. The number of methoxy groups -OCH3 is 1. The van der Waals surface area contributed by atoms with Crippen molar-refractivity contribution < 1.29 is 36.2 Å². The molecule has 0 atom stereocenters. The Bertz CT molecular complexity index is 1980. The Morgan fingerprint density at radius 2 is 1.95 bits per heavy atom. The third-order valence-electron chi connectivity index (χ3n) is 6.75. The maximum absolute atomic E-state index is 16.7. The number of nitriles is 1. The van der Waals surface area contributed by atoms with Crippen molar-refractivity contribution in [2.75, 3.05) is 36.6 Å². The van der Waals surface area contributed by atoms with Crippen LogP contribution in [0.2, 0.25) is 0 Å². The average molecular weight is 616 g/mol. The normalized spacial score (nSPS) is 13.1. The molecule has 0 spiro atoms. The SMILES string of the molecule is COc1nc2c3c(c(OC(F)(F)F)c(-c4ccc(F)c5sc(N)c(C#N)c45)c(F)c3n1)OCCN2Cc1cccnc1N. The fourth-order valence-corrected chi connectivity index (χ4v) is 5.92. The van der Waals surface area contributed by atoms with Crippen molar-refractivity contribution in [3.63, 3.8) is 0 Å². The summed E-state index contributed by atoms with van der Waals surface area (Å²) in [7, 11) is 1.24. The summed E-state index contributed by atoms with van der Waals surface area (Å²) in [5, 5.41) is 9.23. The molecule has 0 aliphatic carbocycles. The molecule has 16 heteroatoms. The quantitative estimate of drug-likeness (QED) is 0.242. The number of anilines is 3. The van der Waals surface area contributed by atoms with E-state index in [0.717, 1.165) is 12.1 Å². The summed E-state index contributed by atoms with van der Waals surface area (Å²) >= 11 is 0.698. The van der Waals surface area contributed by atoms with Crippen LogP contribution < -0.4 is 30.6 Å². The monoisotopic (exact) mass is 615 g/mol. The minimum atomic E-state index is -5.32. The largest absolute Gasteiger partial charge is 0.573 e. The highest BCUT2D eigenvalue weighted by atomic mass is 32.1. The summed E-state index contributed by atoms with van der Waals surface area (Å²) in [5.41, 5.74) is 10.7. The molecular weight excluding hydrogens is 597 g/mol. The van der Waals surface area contributed by atoms with Gasteiger partial charge < -0.3 is 30.6 Å². The number of fused-ring (bicyclic) bond motifs is 1. The Morgan fingerprint density at radius 1 is 1.16 bits per heavy atom. The van der Waals surface area contributed by atoms with E-state index in [9.17, 15) is 22.8 Å². The van der Waals surface area contributed by atoms with Crippen LogP contribution in [0.25, 0.3) is 32.1 Å². The standard InChI is InChI=1S/C27H18F5N7O3S/c1-40-26-37-19-17-20(41-8-7-39(25(17)38-26)10-11-3-2-6-36-23(11)34)21(42-27(30,31)32)16(18(19)29)12-4-5-14(28)22-15(12)13(9-33)24(35)43-22/h2-6H,7-8,10,35H2,1H3,(H2,34,36). The number of thiophene rings is 1. The number of nitrogens with zero attached hydrogens (tertiary/aromatic N) is 5. The second kappa shape index (κ2) is 10.3. The van der Waals surface area contributed by atoms with Gasteiger partial charge in [-0.25, -0.2) is 13.8 Å². The topological polar surface area (TPSA) is 145 Å². The van der Waals surface area contributed by atoms with E-state index >= 15 is 4.39 Å². The van der Waals surface area contributed by atoms with Crippen molar-refractivity contribution in [2.24, 2.45) is 0 Å². The minimum absolute atomic E-state index is 0.0168. The third kappa shape index (κ3) is 4.67. The summed E-state index contributed by atoms with van der Waals surface area (Å²) in [5.74, 6) is -3.47. The Kier molecular flexibility index (Phi) is 6.69. The number of rotatable bonds is 5. The third-order valence-corrected chi connectivity index (χ3v) is 7.78. The first-order chi connectivity index (χ1) is 20.5. The van der Waals surface area contributed by atoms with Gasteiger partial charge in [0.05, 0.1) is 34.9 Å². The second-order valence-electron chi connectivity index (χ2n) is 9.22. The highest BCUT2D eigenvalue weighted by molar-refractivity contribution is 7.23. The number of halogens is 5. The maximum Gasteiger partial charge on any atom is 0.573 e. The van der Waals surface area contributed by atoms with Crippen molar-refractivity contribution in [3.05, 3.63) is 53.2 Å². The summed E-state index contributed by atoms with van der Waals surface area (Å²) in [6.45, 7) is -0.0447. The van der Waals surface area contributed by atoms with Gasteiger partial charge in [-0.2, -0.15) is 15.2 Å². The van der Waals surface area contributed by atoms with Gasteiger partial charge in [-0.05, 0) is 17.7 Å². The molecule has 0 fully saturated rings. The molecule has 4 heterocycles. The van der Waals surface area contributed by atoms with Crippen LogP contribution in [0.4, 0.5) is 38.6 Å². The highest BCUT2D eigenvalue weighted by Crippen LogP contribution is 2.53. The van der Waals surface area contributed by atoms with Gasteiger partial charge in [-0.3, -0.25) is 0 Å².